The predicted octanol–water partition coefficient (Wildman–Crippen LogP) is 3.97. The van der Waals surface area contributed by atoms with E-state index in [-0.39, 0.29) is 16.4 Å². The molecule has 2 aromatic carbocycles. The van der Waals surface area contributed by atoms with Crippen LogP contribution in [0.3, 0.4) is 0 Å². The van der Waals surface area contributed by atoms with Crippen LogP contribution in [0.4, 0.5) is 11.4 Å². The molecule has 0 radical (unpaired) electrons. The Labute approximate surface area is 155 Å². The van der Waals surface area contributed by atoms with E-state index in [1.54, 1.807) is 13.8 Å². The van der Waals surface area contributed by atoms with E-state index in [4.69, 9.17) is 16.3 Å². The molecular formula is C18H17ClN2O5. The molecule has 0 aliphatic carbocycles. The van der Waals surface area contributed by atoms with Crippen molar-refractivity contribution in [3.05, 3.63) is 67.7 Å². The minimum atomic E-state index is -0.600. The zero-order valence-corrected chi connectivity index (χ0v) is 15.2. The van der Waals surface area contributed by atoms with Crippen molar-refractivity contribution in [2.75, 3.05) is 11.9 Å². The second kappa shape index (κ2) is 7.97. The molecule has 0 atom stereocenters. The lowest BCUT2D eigenvalue weighted by Crippen LogP contribution is -2.22. The lowest BCUT2D eigenvalue weighted by Gasteiger charge is -2.11. The summed E-state index contributed by atoms with van der Waals surface area (Å²) in [5, 5.41) is 13.1. The van der Waals surface area contributed by atoms with Gasteiger partial charge in [-0.05, 0) is 38.0 Å². The summed E-state index contributed by atoms with van der Waals surface area (Å²) in [5.41, 5.74) is 3.00. The Balaban J connectivity index is 2.01. The third-order valence-electron chi connectivity index (χ3n) is 3.65. The van der Waals surface area contributed by atoms with Crippen molar-refractivity contribution in [1.29, 1.82) is 0 Å². The zero-order valence-electron chi connectivity index (χ0n) is 14.5. The van der Waals surface area contributed by atoms with Gasteiger partial charge >= 0.3 is 5.97 Å². The highest BCUT2D eigenvalue weighted by Crippen LogP contribution is 2.26. The highest BCUT2D eigenvalue weighted by Gasteiger charge is 2.17. The second-order valence-electron chi connectivity index (χ2n) is 5.82. The first-order valence-corrected chi connectivity index (χ1v) is 8.05. The molecule has 7 nitrogen and oxygen atoms in total. The third-order valence-corrected chi connectivity index (χ3v) is 3.97. The monoisotopic (exact) mass is 376 g/mol. The molecule has 136 valence electrons. The lowest BCUT2D eigenvalue weighted by molar-refractivity contribution is -0.384. The van der Waals surface area contributed by atoms with Crippen LogP contribution >= 0.6 is 11.6 Å². The van der Waals surface area contributed by atoms with Crippen LogP contribution in [0.25, 0.3) is 0 Å². The molecule has 0 fully saturated rings. The Hall–Kier alpha value is -2.93. The number of nitrogens with one attached hydrogen (secondary N) is 1. The Bertz CT molecular complexity index is 872. The van der Waals surface area contributed by atoms with Crippen LogP contribution in [0.5, 0.6) is 0 Å². The number of halogens is 1. The number of hydrogen-bond acceptors (Lipinski definition) is 5. The van der Waals surface area contributed by atoms with E-state index >= 15 is 0 Å². The zero-order chi connectivity index (χ0) is 19.4. The van der Waals surface area contributed by atoms with Gasteiger partial charge in [-0.25, -0.2) is 4.79 Å². The number of nitro groups is 1. The topological polar surface area (TPSA) is 98.5 Å². The van der Waals surface area contributed by atoms with Gasteiger partial charge in [0.05, 0.1) is 21.2 Å². The molecule has 0 saturated heterocycles. The minimum absolute atomic E-state index is 0.0177. The molecule has 0 heterocycles. The molecule has 0 saturated carbocycles. The lowest BCUT2D eigenvalue weighted by atomic mass is 10.00. The highest BCUT2D eigenvalue weighted by atomic mass is 35.5. The summed E-state index contributed by atoms with van der Waals surface area (Å²) in [7, 11) is 0. The van der Waals surface area contributed by atoms with Gasteiger partial charge in [0.25, 0.3) is 11.6 Å². The molecule has 26 heavy (non-hydrogen) atoms. The molecule has 8 heteroatoms. The number of non-ortho nitro benzene ring substituents is 1. The number of esters is 1. The van der Waals surface area contributed by atoms with Crippen molar-refractivity contribution in [3.63, 3.8) is 0 Å². The number of nitrogens with zero attached hydrogens (tertiary/aromatic N) is 1. The van der Waals surface area contributed by atoms with Crippen LogP contribution in [-0.4, -0.2) is 23.4 Å². The van der Waals surface area contributed by atoms with Gasteiger partial charge in [0.15, 0.2) is 6.61 Å². The van der Waals surface area contributed by atoms with Gasteiger partial charge in [-0.2, -0.15) is 0 Å². The Morgan fingerprint density at radius 2 is 1.77 bits per heavy atom. The van der Waals surface area contributed by atoms with Crippen LogP contribution in [0.1, 0.15) is 27.0 Å². The number of nitro benzene ring substituents is 1. The number of aryl methyl sites for hydroxylation is 3. The SMILES string of the molecule is Cc1cc(C)c(C(=O)OCC(=O)Nc2ccc([N+](=O)[O-])cc2Cl)c(C)c1. The maximum absolute atomic E-state index is 12.2. The number of anilines is 1. The smallest absolute Gasteiger partial charge is 0.339 e. The average Bonchev–Trinajstić information content (AvgIpc) is 2.53. The quantitative estimate of drug-likeness (QED) is 0.483. The number of amides is 1. The first-order chi connectivity index (χ1) is 12.2. The molecule has 0 aromatic heterocycles. The molecule has 0 bridgehead atoms. The van der Waals surface area contributed by atoms with Gasteiger partial charge in [-0.3, -0.25) is 14.9 Å². The third kappa shape index (κ3) is 4.58. The van der Waals surface area contributed by atoms with Gasteiger partial charge < -0.3 is 10.1 Å². The van der Waals surface area contributed by atoms with Gasteiger partial charge in [-0.15, -0.1) is 0 Å². The predicted molar refractivity (Wildman–Crippen MR) is 97.7 cm³/mol. The summed E-state index contributed by atoms with van der Waals surface area (Å²) >= 11 is 5.91. The summed E-state index contributed by atoms with van der Waals surface area (Å²) in [6.07, 6.45) is 0. The molecule has 0 spiro atoms. The molecule has 0 aliphatic rings. The van der Waals surface area contributed by atoms with E-state index in [2.05, 4.69) is 5.32 Å². The van der Waals surface area contributed by atoms with Crippen molar-refractivity contribution in [2.45, 2.75) is 20.8 Å². The van der Waals surface area contributed by atoms with Crippen LogP contribution in [0, 0.1) is 30.9 Å². The number of ether oxygens (including phenoxy) is 1. The van der Waals surface area contributed by atoms with Crippen molar-refractivity contribution in [2.24, 2.45) is 0 Å². The van der Waals surface area contributed by atoms with Gasteiger partial charge in [-0.1, -0.05) is 29.3 Å². The molecular weight excluding hydrogens is 360 g/mol. The van der Waals surface area contributed by atoms with E-state index in [0.717, 1.165) is 22.8 Å². The molecule has 2 aromatic rings. The largest absolute Gasteiger partial charge is 0.452 e. The number of rotatable bonds is 5. The number of hydrogen-bond donors (Lipinski definition) is 1. The van der Waals surface area contributed by atoms with Crippen molar-refractivity contribution in [1.82, 2.24) is 0 Å². The number of carbonyl (C=O) groups excluding carboxylic acids is 2. The maximum Gasteiger partial charge on any atom is 0.339 e. The van der Waals surface area contributed by atoms with Gasteiger partial charge in [0, 0.05) is 12.1 Å². The molecule has 0 unspecified atom stereocenters. The normalized spacial score (nSPS) is 10.3. The summed E-state index contributed by atoms with van der Waals surface area (Å²) < 4.78 is 5.06. The summed E-state index contributed by atoms with van der Waals surface area (Å²) in [6.45, 7) is 5.02. The molecule has 1 N–H and O–H groups in total. The first-order valence-electron chi connectivity index (χ1n) is 7.68. The minimum Gasteiger partial charge on any atom is -0.452 e. The summed E-state index contributed by atoms with van der Waals surface area (Å²) in [4.78, 5) is 34.3. The Kier molecular flexibility index (Phi) is 5.94. The fourth-order valence-electron chi connectivity index (χ4n) is 2.61. The maximum atomic E-state index is 12.2. The first kappa shape index (κ1) is 19.4. The van der Waals surface area contributed by atoms with Gasteiger partial charge in [0.1, 0.15) is 0 Å². The molecule has 2 rings (SSSR count). The summed E-state index contributed by atoms with van der Waals surface area (Å²) in [6, 6.07) is 7.38. The van der Waals surface area contributed by atoms with Crippen molar-refractivity contribution >= 4 is 34.9 Å². The second-order valence-corrected chi connectivity index (χ2v) is 6.23. The number of carbonyl (C=O) groups is 2. The Morgan fingerprint density at radius 1 is 1.15 bits per heavy atom. The van der Waals surface area contributed by atoms with E-state index in [1.807, 2.05) is 19.1 Å². The van der Waals surface area contributed by atoms with E-state index in [9.17, 15) is 19.7 Å². The number of benzene rings is 2. The fourth-order valence-corrected chi connectivity index (χ4v) is 2.83. The fraction of sp³-hybridized carbons (Fsp3) is 0.222. The van der Waals surface area contributed by atoms with Gasteiger partial charge in [0.2, 0.25) is 0 Å². The van der Waals surface area contributed by atoms with E-state index in [1.165, 1.54) is 12.1 Å². The van der Waals surface area contributed by atoms with Crippen LogP contribution in [-0.2, 0) is 9.53 Å². The summed E-state index contributed by atoms with van der Waals surface area (Å²) in [5.74, 6) is -1.19. The van der Waals surface area contributed by atoms with Crippen molar-refractivity contribution < 1.29 is 19.2 Å². The molecule has 0 aliphatic heterocycles. The van der Waals surface area contributed by atoms with Crippen LogP contribution in [0.2, 0.25) is 5.02 Å². The standard InChI is InChI=1S/C18H17ClN2O5/c1-10-6-11(2)17(12(3)7-10)18(23)26-9-16(22)20-15-5-4-13(21(24)25)8-14(15)19/h4-8H,9H2,1-3H3,(H,20,22). The molecule has 1 amide bonds. The van der Waals surface area contributed by atoms with E-state index in [0.29, 0.717) is 5.56 Å². The average molecular weight is 377 g/mol. The van der Waals surface area contributed by atoms with Crippen molar-refractivity contribution in [3.8, 4) is 0 Å². The van der Waals surface area contributed by atoms with Crippen LogP contribution in [0.15, 0.2) is 30.3 Å². The Morgan fingerprint density at radius 3 is 2.31 bits per heavy atom. The van der Waals surface area contributed by atoms with E-state index < -0.39 is 23.4 Å². The highest BCUT2D eigenvalue weighted by molar-refractivity contribution is 6.34. The van der Waals surface area contributed by atoms with Crippen LogP contribution < -0.4 is 5.32 Å².